The van der Waals surface area contributed by atoms with Crippen molar-refractivity contribution in [3.05, 3.63) is 95.6 Å². The van der Waals surface area contributed by atoms with E-state index in [1.807, 2.05) is 49.4 Å². The second-order valence-electron chi connectivity index (χ2n) is 7.58. The zero-order valence-corrected chi connectivity index (χ0v) is 16.6. The third kappa shape index (κ3) is 3.49. The van der Waals surface area contributed by atoms with Crippen molar-refractivity contribution in [2.75, 3.05) is 6.61 Å². The van der Waals surface area contributed by atoms with E-state index in [1.54, 1.807) is 12.1 Å². The summed E-state index contributed by atoms with van der Waals surface area (Å²) < 4.78 is 5.82. The van der Waals surface area contributed by atoms with Crippen LogP contribution in [0.3, 0.4) is 0 Å². The Balaban J connectivity index is 1.76. The number of carbonyl (C=O) groups is 2. The van der Waals surface area contributed by atoms with Crippen molar-refractivity contribution in [1.82, 2.24) is 0 Å². The Morgan fingerprint density at radius 3 is 1.93 bits per heavy atom. The van der Waals surface area contributed by atoms with Gasteiger partial charge in [0.1, 0.15) is 12.4 Å². The van der Waals surface area contributed by atoms with Crippen molar-refractivity contribution in [2.24, 2.45) is 0 Å². The number of carbonyl (C=O) groups excluding carboxylic acids is 2. The molecule has 0 atom stereocenters. The van der Waals surface area contributed by atoms with Gasteiger partial charge in [-0.25, -0.2) is 4.79 Å². The number of ketones is 1. The molecule has 0 spiro atoms. The number of fused-ring (bicyclic) bond motifs is 3. The van der Waals surface area contributed by atoms with Crippen LogP contribution in [0, 0.1) is 0 Å². The predicted molar refractivity (Wildman–Crippen MR) is 114 cm³/mol. The summed E-state index contributed by atoms with van der Waals surface area (Å²) in [7, 11) is 0. The molecule has 0 radical (unpaired) electrons. The topological polar surface area (TPSA) is 43.4 Å². The average Bonchev–Trinajstić information content (AvgIpc) is 3.03. The summed E-state index contributed by atoms with van der Waals surface area (Å²) >= 11 is 0. The molecule has 146 valence electrons. The van der Waals surface area contributed by atoms with Crippen LogP contribution in [-0.2, 0) is 14.9 Å². The summed E-state index contributed by atoms with van der Waals surface area (Å²) in [4.78, 5) is 25.5. The molecule has 0 N–H and O–H groups in total. The van der Waals surface area contributed by atoms with E-state index >= 15 is 0 Å². The van der Waals surface area contributed by atoms with Gasteiger partial charge in [-0.2, -0.15) is 0 Å². The van der Waals surface area contributed by atoms with Crippen LogP contribution in [0.15, 0.2) is 78.9 Å². The fourth-order valence-corrected chi connectivity index (χ4v) is 4.36. The minimum atomic E-state index is -0.649. The Kier molecular flexibility index (Phi) is 5.30. The van der Waals surface area contributed by atoms with Gasteiger partial charge in [-0.1, -0.05) is 73.7 Å². The van der Waals surface area contributed by atoms with E-state index in [-0.39, 0.29) is 18.4 Å². The third-order valence-electron chi connectivity index (χ3n) is 5.66. The maximum Gasteiger partial charge on any atom is 0.338 e. The molecule has 0 saturated carbocycles. The first-order chi connectivity index (χ1) is 14.2. The smallest absolute Gasteiger partial charge is 0.338 e. The van der Waals surface area contributed by atoms with Crippen LogP contribution in [0.2, 0.25) is 0 Å². The highest BCUT2D eigenvalue weighted by Crippen LogP contribution is 2.51. The molecule has 0 aromatic heterocycles. The van der Waals surface area contributed by atoms with Crippen LogP contribution in [0.25, 0.3) is 11.1 Å². The summed E-state index contributed by atoms with van der Waals surface area (Å²) in [6.45, 7) is 2.15. The Morgan fingerprint density at radius 2 is 1.34 bits per heavy atom. The van der Waals surface area contributed by atoms with Crippen LogP contribution in [-0.4, -0.2) is 18.4 Å². The van der Waals surface area contributed by atoms with Crippen LogP contribution in [0.1, 0.15) is 47.7 Å². The van der Waals surface area contributed by atoms with Crippen LogP contribution in [0.5, 0.6) is 0 Å². The summed E-state index contributed by atoms with van der Waals surface area (Å²) in [6.07, 6.45) is 1.66. The second kappa shape index (κ2) is 8.04. The molecule has 1 aliphatic carbocycles. The minimum Gasteiger partial charge on any atom is -0.461 e. The highest BCUT2D eigenvalue weighted by Gasteiger charge is 2.45. The van der Waals surface area contributed by atoms with Gasteiger partial charge in [-0.15, -0.1) is 0 Å². The molecule has 1 aliphatic rings. The van der Waals surface area contributed by atoms with Crippen LogP contribution >= 0.6 is 0 Å². The van der Waals surface area contributed by atoms with E-state index in [0.29, 0.717) is 18.4 Å². The van der Waals surface area contributed by atoms with Crippen molar-refractivity contribution in [3.63, 3.8) is 0 Å². The van der Waals surface area contributed by atoms with Gasteiger partial charge in [0.25, 0.3) is 0 Å². The van der Waals surface area contributed by atoms with E-state index in [9.17, 15) is 9.59 Å². The number of Topliss-reactive ketones (excluding diaryl/α,β-unsaturated/α-hetero) is 1. The Labute approximate surface area is 171 Å². The van der Waals surface area contributed by atoms with Gasteiger partial charge in [-0.3, -0.25) is 4.79 Å². The van der Waals surface area contributed by atoms with Gasteiger partial charge < -0.3 is 4.74 Å². The van der Waals surface area contributed by atoms with Gasteiger partial charge in [0.2, 0.25) is 0 Å². The number of benzene rings is 3. The maximum atomic E-state index is 12.8. The van der Waals surface area contributed by atoms with Crippen molar-refractivity contribution < 1.29 is 14.3 Å². The fraction of sp³-hybridized carbons (Fsp3) is 0.231. The number of ether oxygens (including phenoxy) is 1. The molecular weight excluding hydrogens is 360 g/mol. The Morgan fingerprint density at radius 1 is 0.793 bits per heavy atom. The largest absolute Gasteiger partial charge is 0.461 e. The number of esters is 1. The molecule has 0 aliphatic heterocycles. The fourth-order valence-electron chi connectivity index (χ4n) is 4.36. The first-order valence-corrected chi connectivity index (χ1v) is 10.1. The lowest BCUT2D eigenvalue weighted by atomic mass is 9.74. The van der Waals surface area contributed by atoms with Crippen LogP contribution in [0.4, 0.5) is 0 Å². The van der Waals surface area contributed by atoms with Gasteiger partial charge in [-0.05, 0) is 40.8 Å². The molecule has 0 fully saturated rings. The van der Waals surface area contributed by atoms with Gasteiger partial charge in [0.05, 0.1) is 11.0 Å². The monoisotopic (exact) mass is 384 g/mol. The first kappa shape index (κ1) is 19.1. The normalized spacial score (nSPS) is 13.4. The maximum absolute atomic E-state index is 12.8. The van der Waals surface area contributed by atoms with Gasteiger partial charge >= 0.3 is 5.97 Å². The molecule has 3 aromatic carbocycles. The van der Waals surface area contributed by atoms with Crippen molar-refractivity contribution in [2.45, 2.75) is 31.6 Å². The lowest BCUT2D eigenvalue weighted by Crippen LogP contribution is -2.35. The summed E-state index contributed by atoms with van der Waals surface area (Å²) in [5.74, 6) is -0.176. The predicted octanol–water partition coefficient (Wildman–Crippen LogP) is 5.57. The number of rotatable bonds is 7. The zero-order chi connectivity index (χ0) is 20.3. The lowest BCUT2D eigenvalue weighted by molar-refractivity contribution is -0.120. The molecule has 29 heavy (non-hydrogen) atoms. The second-order valence-corrected chi connectivity index (χ2v) is 7.58. The van der Waals surface area contributed by atoms with Crippen molar-refractivity contribution in [1.29, 1.82) is 0 Å². The SMILES string of the molecule is CCCC(=O)CC1(COC(=O)c2ccccc2)c2ccccc2-c2ccccc21. The molecule has 4 rings (SSSR count). The molecule has 0 bridgehead atoms. The van der Waals surface area contributed by atoms with Gasteiger partial charge in [0.15, 0.2) is 0 Å². The van der Waals surface area contributed by atoms with E-state index in [4.69, 9.17) is 4.74 Å². The summed E-state index contributed by atoms with van der Waals surface area (Å²) in [5.41, 5.74) is 4.22. The van der Waals surface area contributed by atoms with E-state index < -0.39 is 5.41 Å². The van der Waals surface area contributed by atoms with Gasteiger partial charge in [0, 0.05) is 12.8 Å². The number of hydrogen-bond acceptors (Lipinski definition) is 3. The molecule has 3 heteroatoms. The van der Waals surface area contributed by atoms with Crippen molar-refractivity contribution in [3.8, 4) is 11.1 Å². The highest BCUT2D eigenvalue weighted by molar-refractivity contribution is 5.90. The Bertz CT molecular complexity index is 991. The lowest BCUT2D eigenvalue weighted by Gasteiger charge is -2.31. The first-order valence-electron chi connectivity index (χ1n) is 10.1. The minimum absolute atomic E-state index is 0.143. The van der Waals surface area contributed by atoms with E-state index in [2.05, 4.69) is 24.3 Å². The molecular formula is C26H24O3. The van der Waals surface area contributed by atoms with Crippen LogP contribution < -0.4 is 0 Å². The molecule has 0 amide bonds. The van der Waals surface area contributed by atoms with Crippen molar-refractivity contribution >= 4 is 11.8 Å². The zero-order valence-electron chi connectivity index (χ0n) is 16.6. The number of hydrogen-bond donors (Lipinski definition) is 0. The summed E-state index contributed by atoms with van der Waals surface area (Å²) in [6, 6.07) is 25.3. The summed E-state index contributed by atoms with van der Waals surface area (Å²) in [5, 5.41) is 0. The highest BCUT2D eigenvalue weighted by atomic mass is 16.5. The average molecular weight is 384 g/mol. The Hall–Kier alpha value is -3.20. The quantitative estimate of drug-likeness (QED) is 0.500. The molecule has 3 aromatic rings. The standard InChI is InChI=1S/C26H24O3/c1-2-10-20(27)17-26(18-29-25(28)19-11-4-3-5-12-19)23-15-8-6-13-21(23)22-14-7-9-16-24(22)26/h3-9,11-16H,2,10,17-18H2,1H3. The molecule has 3 nitrogen and oxygen atoms in total. The third-order valence-corrected chi connectivity index (χ3v) is 5.66. The molecule has 0 heterocycles. The van der Waals surface area contributed by atoms with E-state index in [0.717, 1.165) is 28.7 Å². The molecule has 0 saturated heterocycles. The molecule has 0 unspecified atom stereocenters. The van der Waals surface area contributed by atoms with E-state index in [1.165, 1.54) is 0 Å².